The summed E-state index contributed by atoms with van der Waals surface area (Å²) in [6, 6.07) is 13.2. The van der Waals surface area contributed by atoms with Crippen LogP contribution in [0, 0.1) is 10.1 Å². The van der Waals surface area contributed by atoms with Crippen molar-refractivity contribution in [3.05, 3.63) is 70.4 Å². The van der Waals surface area contributed by atoms with E-state index in [0.29, 0.717) is 13.2 Å². The molecular formula is C20H16F3N3O5. The Kier molecular flexibility index (Phi) is 5.51. The first kappa shape index (κ1) is 20.7. The third kappa shape index (κ3) is 5.12. The minimum Gasteiger partial charge on any atom is -0.443 e. The molecule has 31 heavy (non-hydrogen) atoms. The van der Waals surface area contributed by atoms with Crippen LogP contribution in [-0.2, 0) is 17.9 Å². The predicted molar refractivity (Wildman–Crippen MR) is 102 cm³/mol. The lowest BCUT2D eigenvalue weighted by Gasteiger charge is -2.22. The van der Waals surface area contributed by atoms with Crippen LogP contribution in [0.15, 0.2) is 54.7 Å². The molecule has 0 N–H and O–H groups in total. The van der Waals surface area contributed by atoms with Crippen molar-refractivity contribution >= 4 is 5.82 Å². The van der Waals surface area contributed by atoms with Crippen molar-refractivity contribution in [3.8, 4) is 22.9 Å². The van der Waals surface area contributed by atoms with Crippen molar-refractivity contribution < 1.29 is 32.3 Å². The Bertz CT molecular complexity index is 1070. The van der Waals surface area contributed by atoms with Gasteiger partial charge >= 0.3 is 18.2 Å². The summed E-state index contributed by atoms with van der Waals surface area (Å²) < 4.78 is 53.4. The fraction of sp³-hybridized carbons (Fsp3) is 0.250. The third-order valence-corrected chi connectivity index (χ3v) is 4.57. The van der Waals surface area contributed by atoms with Gasteiger partial charge in [0.05, 0.1) is 13.2 Å². The van der Waals surface area contributed by atoms with E-state index in [9.17, 15) is 23.3 Å². The average molecular weight is 435 g/mol. The first-order valence-electron chi connectivity index (χ1n) is 9.18. The second-order valence-corrected chi connectivity index (χ2v) is 6.80. The highest BCUT2D eigenvalue weighted by Gasteiger charge is 2.31. The Morgan fingerprint density at radius 1 is 1.13 bits per heavy atom. The smallest absolute Gasteiger partial charge is 0.443 e. The first-order valence-corrected chi connectivity index (χ1v) is 9.18. The zero-order valence-electron chi connectivity index (χ0n) is 15.9. The standard InChI is InChI=1S/C20H16F3N3O5/c21-20(22,23)31-16-7-5-15(6-8-16)14-3-1-13(2-4-14)11-29-17-9-25-10-18(26(27)28)24-19(25)30-12-17/h1-8,10,17H,9,11-12H2. The summed E-state index contributed by atoms with van der Waals surface area (Å²) in [5.74, 6) is -0.549. The largest absolute Gasteiger partial charge is 0.573 e. The molecule has 1 atom stereocenters. The fourth-order valence-electron chi connectivity index (χ4n) is 3.12. The van der Waals surface area contributed by atoms with Crippen LogP contribution in [0.1, 0.15) is 5.56 Å². The van der Waals surface area contributed by atoms with Crippen LogP contribution in [0.4, 0.5) is 19.0 Å². The quantitative estimate of drug-likeness (QED) is 0.423. The summed E-state index contributed by atoms with van der Waals surface area (Å²) >= 11 is 0. The molecule has 0 amide bonds. The molecular weight excluding hydrogens is 419 g/mol. The maximum Gasteiger partial charge on any atom is 0.573 e. The second-order valence-electron chi connectivity index (χ2n) is 6.80. The van der Waals surface area contributed by atoms with Crippen molar-refractivity contribution in [2.75, 3.05) is 6.61 Å². The van der Waals surface area contributed by atoms with Crippen LogP contribution in [0.3, 0.4) is 0 Å². The second kappa shape index (κ2) is 8.26. The molecule has 11 heteroatoms. The van der Waals surface area contributed by atoms with Crippen LogP contribution in [0.25, 0.3) is 11.1 Å². The highest BCUT2D eigenvalue weighted by molar-refractivity contribution is 5.64. The number of alkyl halides is 3. The molecule has 162 valence electrons. The van der Waals surface area contributed by atoms with Crippen LogP contribution >= 0.6 is 0 Å². The molecule has 1 aliphatic heterocycles. The topological polar surface area (TPSA) is 88.7 Å². The molecule has 2 aromatic carbocycles. The molecule has 0 fully saturated rings. The number of hydrogen-bond donors (Lipinski definition) is 0. The van der Waals surface area contributed by atoms with Gasteiger partial charge in [0.1, 0.15) is 24.7 Å². The SMILES string of the molecule is O=[N+]([O-])c1cn2c(n1)OCC(OCc1ccc(-c3ccc(OC(F)(F)F)cc3)cc1)C2. The van der Waals surface area contributed by atoms with Gasteiger partial charge in [0.15, 0.2) is 0 Å². The van der Waals surface area contributed by atoms with Gasteiger partial charge in [-0.25, -0.2) is 0 Å². The van der Waals surface area contributed by atoms with E-state index in [4.69, 9.17) is 9.47 Å². The molecule has 0 spiro atoms. The summed E-state index contributed by atoms with van der Waals surface area (Å²) in [5.41, 5.74) is 2.47. The summed E-state index contributed by atoms with van der Waals surface area (Å²) in [4.78, 5) is 14.0. The number of imidazole rings is 1. The fourth-order valence-corrected chi connectivity index (χ4v) is 3.12. The molecule has 4 rings (SSSR count). The lowest BCUT2D eigenvalue weighted by molar-refractivity contribution is -0.389. The predicted octanol–water partition coefficient (Wildman–Crippen LogP) is 4.33. The zero-order chi connectivity index (χ0) is 22.0. The van der Waals surface area contributed by atoms with Gasteiger partial charge in [-0.1, -0.05) is 36.4 Å². The van der Waals surface area contributed by atoms with Gasteiger partial charge in [0.2, 0.25) is 0 Å². The number of ether oxygens (including phenoxy) is 3. The number of aromatic nitrogens is 2. The number of hydrogen-bond acceptors (Lipinski definition) is 6. The minimum atomic E-state index is -4.72. The maximum atomic E-state index is 12.2. The van der Waals surface area contributed by atoms with Gasteiger partial charge in [0.25, 0.3) is 0 Å². The highest BCUT2D eigenvalue weighted by Crippen LogP contribution is 2.27. The van der Waals surface area contributed by atoms with Crippen molar-refractivity contribution in [1.29, 1.82) is 0 Å². The molecule has 0 saturated carbocycles. The van der Waals surface area contributed by atoms with E-state index in [1.165, 1.54) is 18.3 Å². The van der Waals surface area contributed by atoms with Gasteiger partial charge in [-0.2, -0.15) is 0 Å². The number of rotatable bonds is 6. The van der Waals surface area contributed by atoms with E-state index in [1.54, 1.807) is 16.7 Å². The van der Waals surface area contributed by atoms with Crippen LogP contribution in [-0.4, -0.2) is 33.5 Å². The number of halogens is 3. The number of fused-ring (bicyclic) bond motifs is 1. The zero-order valence-corrected chi connectivity index (χ0v) is 15.9. The van der Waals surface area contributed by atoms with Crippen molar-refractivity contribution in [1.82, 2.24) is 9.55 Å². The highest BCUT2D eigenvalue weighted by atomic mass is 19.4. The number of nitro groups is 1. The third-order valence-electron chi connectivity index (χ3n) is 4.57. The summed E-state index contributed by atoms with van der Waals surface area (Å²) in [6.07, 6.45) is -3.70. The molecule has 0 bridgehead atoms. The lowest BCUT2D eigenvalue weighted by Crippen LogP contribution is -2.32. The van der Waals surface area contributed by atoms with E-state index in [2.05, 4.69) is 9.72 Å². The van der Waals surface area contributed by atoms with Gasteiger partial charge in [-0.15, -0.1) is 13.2 Å². The van der Waals surface area contributed by atoms with Crippen molar-refractivity contribution in [3.63, 3.8) is 0 Å². The molecule has 0 saturated heterocycles. The number of benzene rings is 2. The van der Waals surface area contributed by atoms with Gasteiger partial charge in [-0.05, 0) is 33.7 Å². The Morgan fingerprint density at radius 3 is 2.39 bits per heavy atom. The van der Waals surface area contributed by atoms with E-state index in [-0.39, 0.29) is 30.3 Å². The Balaban J connectivity index is 1.33. The molecule has 3 aromatic rings. The van der Waals surface area contributed by atoms with Gasteiger partial charge < -0.3 is 24.3 Å². The van der Waals surface area contributed by atoms with E-state index in [1.807, 2.05) is 24.3 Å². The molecule has 1 aromatic heterocycles. The molecule has 1 aliphatic rings. The van der Waals surface area contributed by atoms with Crippen LogP contribution in [0.5, 0.6) is 11.8 Å². The molecule has 8 nitrogen and oxygen atoms in total. The minimum absolute atomic E-state index is 0.197. The van der Waals surface area contributed by atoms with E-state index >= 15 is 0 Å². The Labute approximate surface area is 173 Å². The average Bonchev–Trinajstić information content (AvgIpc) is 3.16. The maximum absolute atomic E-state index is 12.2. The van der Waals surface area contributed by atoms with Gasteiger partial charge in [0, 0.05) is 4.98 Å². The molecule has 1 unspecified atom stereocenters. The van der Waals surface area contributed by atoms with Crippen LogP contribution in [0.2, 0.25) is 0 Å². The Morgan fingerprint density at radius 2 is 1.77 bits per heavy atom. The first-order chi connectivity index (χ1) is 14.8. The van der Waals surface area contributed by atoms with E-state index in [0.717, 1.165) is 16.7 Å². The molecule has 0 radical (unpaired) electrons. The summed E-state index contributed by atoms with van der Waals surface area (Å²) in [7, 11) is 0. The van der Waals surface area contributed by atoms with Crippen molar-refractivity contribution in [2.24, 2.45) is 0 Å². The molecule has 0 aliphatic carbocycles. The van der Waals surface area contributed by atoms with E-state index < -0.39 is 11.3 Å². The monoisotopic (exact) mass is 435 g/mol. The number of nitrogens with zero attached hydrogens (tertiary/aromatic N) is 3. The van der Waals surface area contributed by atoms with Crippen molar-refractivity contribution in [2.45, 2.75) is 25.6 Å². The summed E-state index contributed by atoms with van der Waals surface area (Å²) in [5, 5.41) is 10.8. The summed E-state index contributed by atoms with van der Waals surface area (Å²) in [6.45, 7) is 0.929. The van der Waals surface area contributed by atoms with Crippen LogP contribution < -0.4 is 9.47 Å². The molecule has 2 heterocycles. The normalized spacial score (nSPS) is 15.8. The lowest BCUT2D eigenvalue weighted by atomic mass is 10.0. The Hall–Kier alpha value is -3.60. The van der Waals surface area contributed by atoms with Gasteiger partial charge in [-0.3, -0.25) is 4.57 Å².